The molecule has 4 unspecified atom stereocenters. The van der Waals surface area contributed by atoms with Gasteiger partial charge < -0.3 is 66.3 Å². The Morgan fingerprint density at radius 2 is 0.975 bits per heavy atom. The van der Waals surface area contributed by atoms with E-state index in [0.29, 0.717) is 6.42 Å². The number of aliphatic hydroxyl groups is 1. The van der Waals surface area contributed by atoms with Crippen molar-refractivity contribution in [1.29, 1.82) is 0 Å². The Kier molecular flexibility index (Phi) is 17.5. The van der Waals surface area contributed by atoms with Crippen LogP contribution in [0.3, 0.4) is 0 Å². The topological polar surface area (TPSA) is 364 Å². The van der Waals surface area contributed by atoms with Crippen LogP contribution in [0.4, 0.5) is 0 Å². The lowest BCUT2D eigenvalue weighted by atomic mass is 10.1. The Bertz CT molecular complexity index is 915. The summed E-state index contributed by atoms with van der Waals surface area (Å²) in [6, 6.07) is -5.02. The number of amides is 3. The molecule has 0 saturated heterocycles. The molecule has 19 heteroatoms. The largest absolute Gasteiger partial charge is 0.480 e. The van der Waals surface area contributed by atoms with E-state index in [1.807, 2.05) is 0 Å². The molecular formula is C21H43N13O6. The number of carboxylic acids is 1. The highest BCUT2D eigenvalue weighted by atomic mass is 16.4. The van der Waals surface area contributed by atoms with Crippen LogP contribution < -0.4 is 56.1 Å². The molecule has 228 valence electrons. The van der Waals surface area contributed by atoms with E-state index >= 15 is 0 Å². The maximum absolute atomic E-state index is 13.0. The molecule has 0 aliphatic rings. The van der Waals surface area contributed by atoms with Crippen molar-refractivity contribution in [2.75, 3.05) is 26.2 Å². The van der Waals surface area contributed by atoms with E-state index in [4.69, 9.17) is 40.1 Å². The first-order chi connectivity index (χ1) is 18.8. The number of guanidine groups is 3. The van der Waals surface area contributed by atoms with Gasteiger partial charge in [-0.15, -0.1) is 0 Å². The van der Waals surface area contributed by atoms with Crippen LogP contribution in [0.15, 0.2) is 15.0 Å². The van der Waals surface area contributed by atoms with Crippen LogP contribution in [0.25, 0.3) is 0 Å². The van der Waals surface area contributed by atoms with Crippen molar-refractivity contribution in [3.05, 3.63) is 0 Å². The number of aliphatic carboxylic acids is 1. The summed E-state index contributed by atoms with van der Waals surface area (Å²) in [7, 11) is 0. The summed E-state index contributed by atoms with van der Waals surface area (Å²) in [5.41, 5.74) is 37.4. The van der Waals surface area contributed by atoms with Crippen molar-refractivity contribution in [2.24, 2.45) is 55.1 Å². The molecule has 0 aromatic carbocycles. The van der Waals surface area contributed by atoms with Gasteiger partial charge in [0.1, 0.15) is 18.1 Å². The van der Waals surface area contributed by atoms with Crippen LogP contribution in [-0.4, -0.2) is 102 Å². The summed E-state index contributed by atoms with van der Waals surface area (Å²) in [5.74, 6) is -4.17. The van der Waals surface area contributed by atoms with Crippen LogP contribution in [-0.2, 0) is 19.2 Å². The lowest BCUT2D eigenvalue weighted by Gasteiger charge is -2.24. The molecule has 0 bridgehead atoms. The van der Waals surface area contributed by atoms with Gasteiger partial charge in [0, 0.05) is 19.6 Å². The van der Waals surface area contributed by atoms with Crippen molar-refractivity contribution in [1.82, 2.24) is 16.0 Å². The van der Waals surface area contributed by atoms with Crippen molar-refractivity contribution < 1.29 is 29.4 Å². The lowest BCUT2D eigenvalue weighted by molar-refractivity contribution is -0.142. The predicted molar refractivity (Wildman–Crippen MR) is 148 cm³/mol. The summed E-state index contributed by atoms with van der Waals surface area (Å²) in [6.45, 7) is -0.286. The molecule has 3 amide bonds. The summed E-state index contributed by atoms with van der Waals surface area (Å²) < 4.78 is 0. The van der Waals surface area contributed by atoms with Gasteiger partial charge in [-0.25, -0.2) is 4.79 Å². The standard InChI is InChI=1S/C21H43N13O6/c22-11(4-1-7-29-19(23)24)15(36)34-14(10-35)17(38)32-12(5-2-8-30-20(25)26)16(37)33-13(18(39)40)6-3-9-31-21(27)28/h11-14,35H,1-10,22H2,(H,32,38)(H,33,37)(H,34,36)(H,39,40)(H4,23,24,29)(H4,25,26,30)(H4,27,28,31). The molecule has 19 nitrogen and oxygen atoms in total. The van der Waals surface area contributed by atoms with E-state index in [1.165, 1.54) is 0 Å². The number of aliphatic imine (C=N–C) groups is 3. The zero-order valence-corrected chi connectivity index (χ0v) is 22.3. The number of hydrogen-bond acceptors (Lipinski definition) is 9. The van der Waals surface area contributed by atoms with Gasteiger partial charge in [0.05, 0.1) is 12.6 Å². The molecule has 0 aromatic rings. The van der Waals surface area contributed by atoms with Gasteiger partial charge in [0.15, 0.2) is 17.9 Å². The molecule has 0 aromatic heterocycles. The van der Waals surface area contributed by atoms with Gasteiger partial charge in [-0.2, -0.15) is 0 Å². The third-order valence-electron chi connectivity index (χ3n) is 5.26. The summed E-state index contributed by atoms with van der Waals surface area (Å²) >= 11 is 0. The van der Waals surface area contributed by atoms with E-state index in [-0.39, 0.29) is 69.6 Å². The molecular weight excluding hydrogens is 530 g/mol. The number of nitrogens with zero attached hydrogens (tertiary/aromatic N) is 3. The molecule has 0 saturated carbocycles. The highest BCUT2D eigenvalue weighted by Gasteiger charge is 2.29. The monoisotopic (exact) mass is 573 g/mol. The normalized spacial score (nSPS) is 13.4. The number of carboxylic acid groups (broad SMARTS) is 1. The molecule has 0 heterocycles. The molecule has 0 radical (unpaired) electrons. The highest BCUT2D eigenvalue weighted by molar-refractivity contribution is 5.94. The zero-order chi connectivity index (χ0) is 30.7. The average molecular weight is 574 g/mol. The highest BCUT2D eigenvalue weighted by Crippen LogP contribution is 2.05. The van der Waals surface area contributed by atoms with Gasteiger partial charge in [0.25, 0.3) is 0 Å². The van der Waals surface area contributed by atoms with Gasteiger partial charge in [-0.05, 0) is 38.5 Å². The Labute approximate surface area is 231 Å². The fourth-order valence-corrected chi connectivity index (χ4v) is 3.20. The zero-order valence-electron chi connectivity index (χ0n) is 22.3. The third-order valence-corrected chi connectivity index (χ3v) is 5.26. The predicted octanol–water partition coefficient (Wildman–Crippen LogP) is -5.99. The Morgan fingerprint density at radius 1 is 0.600 bits per heavy atom. The molecule has 0 fully saturated rings. The Balaban J connectivity index is 5.36. The van der Waals surface area contributed by atoms with Crippen LogP contribution in [0.1, 0.15) is 38.5 Å². The molecule has 0 aliphatic carbocycles. The summed E-state index contributed by atoms with van der Waals surface area (Å²) in [5, 5.41) is 26.3. The van der Waals surface area contributed by atoms with Crippen molar-refractivity contribution in [3.63, 3.8) is 0 Å². The molecule has 0 spiro atoms. The van der Waals surface area contributed by atoms with Crippen LogP contribution in [0, 0.1) is 0 Å². The number of aliphatic hydroxyl groups excluding tert-OH is 1. The minimum Gasteiger partial charge on any atom is -0.480 e. The first-order valence-electron chi connectivity index (χ1n) is 12.4. The lowest BCUT2D eigenvalue weighted by Crippen LogP contribution is -2.58. The van der Waals surface area contributed by atoms with Crippen LogP contribution in [0.2, 0.25) is 0 Å². The average Bonchev–Trinajstić information content (AvgIpc) is 2.87. The van der Waals surface area contributed by atoms with Crippen molar-refractivity contribution >= 4 is 41.6 Å². The number of carbonyl (C=O) groups is 4. The molecule has 0 rings (SSSR count). The molecule has 40 heavy (non-hydrogen) atoms. The van der Waals surface area contributed by atoms with Crippen molar-refractivity contribution in [2.45, 2.75) is 62.7 Å². The number of rotatable bonds is 20. The van der Waals surface area contributed by atoms with E-state index in [9.17, 15) is 29.4 Å². The minimum atomic E-state index is -1.45. The van der Waals surface area contributed by atoms with E-state index in [0.717, 1.165) is 0 Å². The van der Waals surface area contributed by atoms with E-state index in [1.54, 1.807) is 0 Å². The molecule has 19 N–H and O–H groups in total. The fourth-order valence-electron chi connectivity index (χ4n) is 3.20. The van der Waals surface area contributed by atoms with Gasteiger partial charge in [-0.3, -0.25) is 29.4 Å². The van der Waals surface area contributed by atoms with Gasteiger partial charge in [-0.1, -0.05) is 0 Å². The first kappa shape index (κ1) is 35.6. The molecule has 0 aliphatic heterocycles. The SMILES string of the molecule is NC(N)=NCCCC(N)C(=O)NC(CO)C(=O)NC(CCCN=C(N)N)C(=O)NC(CCCN=C(N)N)C(=O)O. The van der Waals surface area contributed by atoms with E-state index in [2.05, 4.69) is 30.9 Å². The second-order valence-corrected chi connectivity index (χ2v) is 8.66. The summed E-state index contributed by atoms with van der Waals surface area (Å²) in [4.78, 5) is 61.2. The number of nitrogens with two attached hydrogens (primary N) is 7. The van der Waals surface area contributed by atoms with E-state index < -0.39 is 54.5 Å². The second-order valence-electron chi connectivity index (χ2n) is 8.66. The number of hydrogen-bond donors (Lipinski definition) is 12. The third kappa shape index (κ3) is 16.5. The number of carbonyl (C=O) groups excluding carboxylic acids is 3. The Hall–Kier alpha value is -4.39. The fraction of sp³-hybridized carbons (Fsp3) is 0.667. The smallest absolute Gasteiger partial charge is 0.326 e. The van der Waals surface area contributed by atoms with Gasteiger partial charge in [0.2, 0.25) is 17.7 Å². The summed E-state index contributed by atoms with van der Waals surface area (Å²) in [6.07, 6.45) is 1.07. The van der Waals surface area contributed by atoms with Crippen molar-refractivity contribution in [3.8, 4) is 0 Å². The maximum atomic E-state index is 13.0. The maximum Gasteiger partial charge on any atom is 0.326 e. The molecule has 4 atom stereocenters. The first-order valence-corrected chi connectivity index (χ1v) is 12.4. The number of nitrogens with one attached hydrogen (secondary N) is 3. The minimum absolute atomic E-state index is 0.00289. The van der Waals surface area contributed by atoms with Gasteiger partial charge >= 0.3 is 5.97 Å². The van der Waals surface area contributed by atoms with Crippen LogP contribution >= 0.6 is 0 Å². The Morgan fingerprint density at radius 3 is 1.40 bits per heavy atom. The second kappa shape index (κ2) is 19.6. The van der Waals surface area contributed by atoms with Crippen LogP contribution in [0.5, 0.6) is 0 Å². The quantitative estimate of drug-likeness (QED) is 0.0367.